The fourth-order valence-corrected chi connectivity index (χ4v) is 5.48. The number of imidazole rings is 1. The van der Waals surface area contributed by atoms with Crippen molar-refractivity contribution < 1.29 is 14.2 Å². The number of aromatic nitrogens is 4. The summed E-state index contributed by atoms with van der Waals surface area (Å²) in [6.07, 6.45) is 10.3. The highest BCUT2D eigenvalue weighted by atomic mass is 16.8. The Morgan fingerprint density at radius 3 is 2.67 bits per heavy atom. The molecule has 0 aromatic carbocycles. The van der Waals surface area contributed by atoms with Crippen molar-refractivity contribution in [1.29, 1.82) is 0 Å². The van der Waals surface area contributed by atoms with Crippen molar-refractivity contribution in [3.05, 3.63) is 12.7 Å². The summed E-state index contributed by atoms with van der Waals surface area (Å²) in [5.41, 5.74) is 1.48. The number of fused-ring (bicyclic) bond motifs is 2. The molecular formula is C24H32N6O3. The Morgan fingerprint density at radius 2 is 1.85 bits per heavy atom. The van der Waals surface area contributed by atoms with Gasteiger partial charge in [0.2, 0.25) is 0 Å². The van der Waals surface area contributed by atoms with Crippen LogP contribution in [0.3, 0.4) is 0 Å². The monoisotopic (exact) mass is 452 g/mol. The summed E-state index contributed by atoms with van der Waals surface area (Å²) >= 11 is 0. The van der Waals surface area contributed by atoms with E-state index >= 15 is 0 Å². The van der Waals surface area contributed by atoms with Gasteiger partial charge in [-0.25, -0.2) is 15.0 Å². The summed E-state index contributed by atoms with van der Waals surface area (Å²) in [4.78, 5) is 13.7. The van der Waals surface area contributed by atoms with E-state index in [1.165, 1.54) is 25.7 Å². The van der Waals surface area contributed by atoms with E-state index in [2.05, 4.69) is 37.4 Å². The maximum absolute atomic E-state index is 6.43. The number of hydrogen-bond acceptors (Lipinski definition) is 8. The molecule has 0 radical (unpaired) electrons. The molecule has 6 rings (SSSR count). The molecule has 1 unspecified atom stereocenters. The highest BCUT2D eigenvalue weighted by molar-refractivity contribution is 5.82. The van der Waals surface area contributed by atoms with Gasteiger partial charge >= 0.3 is 0 Å². The molecule has 5 atom stereocenters. The van der Waals surface area contributed by atoms with Crippen LogP contribution in [0.2, 0.25) is 0 Å². The van der Waals surface area contributed by atoms with Gasteiger partial charge in [-0.2, -0.15) is 0 Å². The molecular weight excluding hydrogens is 420 g/mol. The second-order valence-electron chi connectivity index (χ2n) is 9.98. The normalized spacial score (nSPS) is 33.7. The minimum Gasteiger partial charge on any atom is -0.365 e. The van der Waals surface area contributed by atoms with Crippen molar-refractivity contribution in [3.63, 3.8) is 0 Å². The van der Waals surface area contributed by atoms with Crippen LogP contribution in [-0.2, 0) is 14.2 Å². The molecule has 9 nitrogen and oxygen atoms in total. The predicted octanol–water partition coefficient (Wildman–Crippen LogP) is 2.74. The molecule has 3 saturated heterocycles. The average molecular weight is 453 g/mol. The molecule has 2 N–H and O–H groups in total. The van der Waals surface area contributed by atoms with Gasteiger partial charge in [-0.15, -0.1) is 0 Å². The van der Waals surface area contributed by atoms with Crippen LogP contribution in [0.15, 0.2) is 12.7 Å². The first-order chi connectivity index (χ1) is 16.1. The summed E-state index contributed by atoms with van der Waals surface area (Å²) in [6.45, 7) is 4.89. The number of piperidine rings is 1. The second-order valence-corrected chi connectivity index (χ2v) is 9.98. The summed E-state index contributed by atoms with van der Waals surface area (Å²) in [6, 6.07) is 0.655. The van der Waals surface area contributed by atoms with E-state index in [1.807, 2.05) is 18.4 Å². The zero-order valence-electron chi connectivity index (χ0n) is 19.3. The zero-order valence-corrected chi connectivity index (χ0v) is 19.3. The second kappa shape index (κ2) is 8.51. The van der Waals surface area contributed by atoms with Gasteiger partial charge in [0, 0.05) is 6.04 Å². The van der Waals surface area contributed by atoms with Crippen molar-refractivity contribution in [2.24, 2.45) is 0 Å². The number of nitrogens with zero attached hydrogens (tertiary/aromatic N) is 4. The fourth-order valence-electron chi connectivity index (χ4n) is 5.48. The van der Waals surface area contributed by atoms with Crippen LogP contribution >= 0.6 is 0 Å². The third-order valence-corrected chi connectivity index (χ3v) is 7.07. The third-order valence-electron chi connectivity index (χ3n) is 7.07. The van der Waals surface area contributed by atoms with Gasteiger partial charge in [-0.1, -0.05) is 24.7 Å². The van der Waals surface area contributed by atoms with Gasteiger partial charge in [0.05, 0.1) is 12.4 Å². The standard InChI is InChI=1S/C24H32N6O3/c1-24(2)32-19-17(11-10-15-7-5-6-12-25-15)31-23(20(19)33-24)30-14-28-18-21(26-13-27-22(18)30)29-16-8-3-4-9-16/h13-17,19-20,23,25H,3-9,12H2,1-2H3,(H,26,27,29)/t15?,17-,19-,20-,23-/m1/s1. The molecule has 5 heterocycles. The van der Waals surface area contributed by atoms with Crippen molar-refractivity contribution in [1.82, 2.24) is 24.8 Å². The quantitative estimate of drug-likeness (QED) is 0.687. The molecule has 2 aromatic rings. The van der Waals surface area contributed by atoms with Gasteiger partial charge in [-0.3, -0.25) is 4.57 Å². The Kier molecular flexibility index (Phi) is 5.49. The van der Waals surface area contributed by atoms with Crippen molar-refractivity contribution in [2.45, 2.75) is 101 Å². The number of hydrogen-bond donors (Lipinski definition) is 2. The highest BCUT2D eigenvalue weighted by Gasteiger charge is 2.56. The maximum Gasteiger partial charge on any atom is 0.167 e. The first-order valence-corrected chi connectivity index (χ1v) is 12.3. The van der Waals surface area contributed by atoms with Crippen molar-refractivity contribution in [2.75, 3.05) is 11.9 Å². The van der Waals surface area contributed by atoms with Crippen LogP contribution in [-0.4, -0.2) is 62.2 Å². The Labute approximate surface area is 194 Å². The van der Waals surface area contributed by atoms with Crippen LogP contribution in [0.5, 0.6) is 0 Å². The zero-order chi connectivity index (χ0) is 22.4. The smallest absolute Gasteiger partial charge is 0.167 e. The van der Waals surface area contributed by atoms with Crippen LogP contribution in [0, 0.1) is 11.8 Å². The van der Waals surface area contributed by atoms with Crippen molar-refractivity contribution >= 4 is 17.0 Å². The Bertz CT molecular complexity index is 1060. The number of rotatable bonds is 3. The molecule has 9 heteroatoms. The molecule has 0 spiro atoms. The number of ether oxygens (including phenoxy) is 3. The lowest BCUT2D eigenvalue weighted by atomic mass is 10.0. The lowest BCUT2D eigenvalue weighted by Gasteiger charge is -2.23. The topological polar surface area (TPSA) is 95.3 Å². The third kappa shape index (κ3) is 4.10. The van der Waals surface area contributed by atoms with E-state index < -0.39 is 12.0 Å². The van der Waals surface area contributed by atoms with Gasteiger partial charge in [0.1, 0.15) is 24.6 Å². The number of anilines is 1. The molecule has 176 valence electrons. The first-order valence-electron chi connectivity index (χ1n) is 12.3. The van der Waals surface area contributed by atoms with Gasteiger partial charge in [-0.05, 0) is 52.5 Å². The SMILES string of the molecule is CC1(C)O[C@@H]2[C@H](O1)[C@@H](C#CC1CCCCN1)O[C@H]2n1cnc2c(NC3CCCC3)ncnc21. The molecule has 1 saturated carbocycles. The molecule has 2 aromatic heterocycles. The molecule has 0 amide bonds. The molecule has 4 fully saturated rings. The van der Waals surface area contributed by atoms with Crippen LogP contribution < -0.4 is 10.6 Å². The van der Waals surface area contributed by atoms with E-state index in [0.717, 1.165) is 42.8 Å². The van der Waals surface area contributed by atoms with E-state index in [4.69, 9.17) is 14.2 Å². The summed E-state index contributed by atoms with van der Waals surface area (Å²) < 4.78 is 20.9. The van der Waals surface area contributed by atoms with E-state index in [9.17, 15) is 0 Å². The minimum absolute atomic E-state index is 0.209. The largest absolute Gasteiger partial charge is 0.365 e. The average Bonchev–Trinajstić information content (AvgIpc) is 3.58. The molecule has 1 aliphatic carbocycles. The fraction of sp³-hybridized carbons (Fsp3) is 0.708. The maximum atomic E-state index is 6.43. The van der Waals surface area contributed by atoms with Crippen LogP contribution in [0.1, 0.15) is 65.0 Å². The Hall–Kier alpha value is -2.25. The highest BCUT2D eigenvalue weighted by Crippen LogP contribution is 2.43. The van der Waals surface area contributed by atoms with E-state index in [-0.39, 0.29) is 24.4 Å². The number of nitrogens with one attached hydrogen (secondary N) is 2. The van der Waals surface area contributed by atoms with Gasteiger partial charge in [0.15, 0.2) is 29.0 Å². The van der Waals surface area contributed by atoms with Gasteiger partial charge < -0.3 is 24.8 Å². The van der Waals surface area contributed by atoms with Crippen molar-refractivity contribution in [3.8, 4) is 11.8 Å². The van der Waals surface area contributed by atoms with Crippen LogP contribution in [0.25, 0.3) is 11.2 Å². The lowest BCUT2D eigenvalue weighted by molar-refractivity contribution is -0.190. The summed E-state index contributed by atoms with van der Waals surface area (Å²) in [5.74, 6) is 6.80. The predicted molar refractivity (Wildman–Crippen MR) is 122 cm³/mol. The molecule has 3 aliphatic heterocycles. The van der Waals surface area contributed by atoms with E-state index in [1.54, 1.807) is 12.7 Å². The van der Waals surface area contributed by atoms with Crippen LogP contribution in [0.4, 0.5) is 5.82 Å². The Morgan fingerprint density at radius 1 is 1.03 bits per heavy atom. The first kappa shape index (κ1) is 21.3. The molecule has 4 aliphatic rings. The Balaban J connectivity index is 1.29. The minimum atomic E-state index is -0.694. The summed E-state index contributed by atoms with van der Waals surface area (Å²) in [7, 11) is 0. The lowest BCUT2D eigenvalue weighted by Crippen LogP contribution is -2.33. The molecule has 33 heavy (non-hydrogen) atoms. The van der Waals surface area contributed by atoms with E-state index in [0.29, 0.717) is 6.04 Å². The van der Waals surface area contributed by atoms with Gasteiger partial charge in [0.25, 0.3) is 0 Å². The molecule has 0 bridgehead atoms. The summed E-state index contributed by atoms with van der Waals surface area (Å²) in [5, 5.41) is 7.04.